The Kier molecular flexibility index (Phi) is 5.00. The number of amides is 1. The molecule has 130 valence electrons. The highest BCUT2D eigenvalue weighted by molar-refractivity contribution is 9.10. The van der Waals surface area contributed by atoms with E-state index in [1.165, 1.54) is 5.56 Å². The van der Waals surface area contributed by atoms with Crippen molar-refractivity contribution in [2.24, 2.45) is 0 Å². The van der Waals surface area contributed by atoms with Crippen molar-refractivity contribution < 1.29 is 9.53 Å². The molecular weight excluding hydrogens is 378 g/mol. The molecule has 2 aromatic carbocycles. The van der Waals surface area contributed by atoms with Gasteiger partial charge in [0.25, 0.3) is 0 Å². The quantitative estimate of drug-likeness (QED) is 0.599. The lowest BCUT2D eigenvalue weighted by atomic mass is 9.89. The third-order valence-electron chi connectivity index (χ3n) is 4.81. The summed E-state index contributed by atoms with van der Waals surface area (Å²) in [5, 5.41) is 0. The molecule has 0 aliphatic carbocycles. The smallest absolute Gasteiger partial charge is 0.411 e. The number of hydrogen-bond donors (Lipinski definition) is 0. The fourth-order valence-electron chi connectivity index (χ4n) is 3.28. The van der Waals surface area contributed by atoms with Crippen LogP contribution in [0.1, 0.15) is 36.1 Å². The molecule has 0 bridgehead atoms. The average Bonchev–Trinajstić information content (AvgIpc) is 2.93. The second-order valence-corrected chi connectivity index (χ2v) is 7.49. The number of cyclic esters (lactones) is 1. The van der Waals surface area contributed by atoms with Gasteiger partial charge in [0.1, 0.15) is 0 Å². The van der Waals surface area contributed by atoms with E-state index >= 15 is 0 Å². The molecule has 0 aromatic heterocycles. The molecule has 1 amide bonds. The van der Waals surface area contributed by atoms with Crippen molar-refractivity contribution in [1.29, 1.82) is 0 Å². The molecule has 1 saturated heterocycles. The third-order valence-corrected chi connectivity index (χ3v) is 5.34. The van der Waals surface area contributed by atoms with Crippen molar-refractivity contribution in [3.8, 4) is 0 Å². The average molecular weight is 400 g/mol. The molecule has 1 aliphatic rings. The van der Waals surface area contributed by atoms with Gasteiger partial charge >= 0.3 is 6.09 Å². The molecule has 1 fully saturated rings. The SMILES string of the molecule is C=CC[C@@]1(c2ccc(C)cc2)CN([C@@H](C)c2ccc(Br)cc2)C(=O)O1. The molecule has 0 saturated carbocycles. The van der Waals surface area contributed by atoms with Crippen LogP contribution < -0.4 is 0 Å². The highest BCUT2D eigenvalue weighted by atomic mass is 79.9. The zero-order valence-corrected chi connectivity index (χ0v) is 16.1. The van der Waals surface area contributed by atoms with Crippen LogP contribution in [-0.2, 0) is 10.3 Å². The minimum atomic E-state index is -0.670. The number of carbonyl (C=O) groups excluding carboxylic acids is 1. The van der Waals surface area contributed by atoms with Crippen LogP contribution in [0.25, 0.3) is 0 Å². The molecule has 4 heteroatoms. The molecular formula is C21H22BrNO2. The van der Waals surface area contributed by atoms with E-state index in [4.69, 9.17) is 4.74 Å². The Morgan fingerprint density at radius 1 is 1.24 bits per heavy atom. The molecule has 1 heterocycles. The number of aryl methyl sites for hydroxylation is 1. The molecule has 0 radical (unpaired) electrons. The topological polar surface area (TPSA) is 29.5 Å². The van der Waals surface area contributed by atoms with Gasteiger partial charge < -0.3 is 4.74 Å². The summed E-state index contributed by atoms with van der Waals surface area (Å²) in [5.74, 6) is 0. The number of nitrogens with zero attached hydrogens (tertiary/aromatic N) is 1. The van der Waals surface area contributed by atoms with E-state index in [1.807, 2.05) is 56.3 Å². The number of benzene rings is 2. The van der Waals surface area contributed by atoms with Gasteiger partial charge in [0.05, 0.1) is 12.6 Å². The Hall–Kier alpha value is -2.07. The van der Waals surface area contributed by atoms with Crippen LogP contribution in [0.2, 0.25) is 0 Å². The largest absolute Gasteiger partial charge is 0.436 e. The second-order valence-electron chi connectivity index (χ2n) is 6.58. The number of hydrogen-bond acceptors (Lipinski definition) is 2. The number of rotatable bonds is 5. The summed E-state index contributed by atoms with van der Waals surface area (Å²) in [6.07, 6.45) is 2.13. The van der Waals surface area contributed by atoms with Crippen LogP contribution in [0.5, 0.6) is 0 Å². The van der Waals surface area contributed by atoms with Gasteiger partial charge in [0.15, 0.2) is 5.60 Å². The summed E-state index contributed by atoms with van der Waals surface area (Å²) in [6.45, 7) is 8.45. The fraction of sp³-hybridized carbons (Fsp3) is 0.286. The van der Waals surface area contributed by atoms with E-state index in [0.717, 1.165) is 15.6 Å². The van der Waals surface area contributed by atoms with Crippen molar-refractivity contribution >= 4 is 22.0 Å². The lowest BCUT2D eigenvalue weighted by molar-refractivity contribution is 0.0568. The maximum Gasteiger partial charge on any atom is 0.411 e. The maximum absolute atomic E-state index is 12.6. The van der Waals surface area contributed by atoms with Crippen molar-refractivity contribution in [3.63, 3.8) is 0 Å². The molecule has 3 rings (SSSR count). The van der Waals surface area contributed by atoms with Crippen molar-refractivity contribution in [3.05, 3.63) is 82.3 Å². The summed E-state index contributed by atoms with van der Waals surface area (Å²) >= 11 is 3.45. The zero-order chi connectivity index (χ0) is 18.0. The van der Waals surface area contributed by atoms with Crippen molar-refractivity contribution in [2.75, 3.05) is 6.54 Å². The maximum atomic E-state index is 12.6. The second kappa shape index (κ2) is 7.04. The normalized spacial score (nSPS) is 21.1. The van der Waals surface area contributed by atoms with Crippen LogP contribution in [-0.4, -0.2) is 17.5 Å². The summed E-state index contributed by atoms with van der Waals surface area (Å²) in [4.78, 5) is 14.4. The lowest BCUT2D eigenvalue weighted by Crippen LogP contribution is -2.33. The monoisotopic (exact) mass is 399 g/mol. The Labute approximate surface area is 157 Å². The summed E-state index contributed by atoms with van der Waals surface area (Å²) in [7, 11) is 0. The Morgan fingerprint density at radius 3 is 2.48 bits per heavy atom. The van der Waals surface area contributed by atoms with Crippen LogP contribution in [0.4, 0.5) is 4.79 Å². The van der Waals surface area contributed by atoms with Crippen LogP contribution >= 0.6 is 15.9 Å². The zero-order valence-electron chi connectivity index (χ0n) is 14.5. The molecule has 1 aliphatic heterocycles. The number of ether oxygens (including phenoxy) is 1. The Balaban J connectivity index is 1.91. The van der Waals surface area contributed by atoms with Crippen molar-refractivity contribution in [2.45, 2.75) is 31.9 Å². The summed E-state index contributed by atoms with van der Waals surface area (Å²) in [6, 6.07) is 16.2. The molecule has 25 heavy (non-hydrogen) atoms. The molecule has 0 N–H and O–H groups in total. The first kappa shape index (κ1) is 17.7. The van der Waals surface area contributed by atoms with E-state index in [0.29, 0.717) is 13.0 Å². The molecule has 0 unspecified atom stereocenters. The van der Waals surface area contributed by atoms with E-state index in [1.54, 1.807) is 4.90 Å². The molecule has 3 nitrogen and oxygen atoms in total. The first-order valence-electron chi connectivity index (χ1n) is 8.38. The van der Waals surface area contributed by atoms with Crippen LogP contribution in [0, 0.1) is 6.92 Å². The standard InChI is InChI=1S/C21H22BrNO2/c1-4-13-21(18-9-5-15(2)6-10-18)14-23(20(24)25-21)16(3)17-7-11-19(22)12-8-17/h4-12,16H,1,13-14H2,2-3H3/t16-,21-/m0/s1. The van der Waals surface area contributed by atoms with Crippen molar-refractivity contribution in [1.82, 2.24) is 4.90 Å². The minimum Gasteiger partial charge on any atom is -0.436 e. The Bertz CT molecular complexity index is 769. The van der Waals surface area contributed by atoms with Gasteiger partial charge in [-0.25, -0.2) is 4.79 Å². The van der Waals surface area contributed by atoms with E-state index < -0.39 is 5.60 Å². The van der Waals surface area contributed by atoms with E-state index in [-0.39, 0.29) is 12.1 Å². The van der Waals surface area contributed by atoms with Gasteiger partial charge in [-0.2, -0.15) is 0 Å². The highest BCUT2D eigenvalue weighted by Crippen LogP contribution is 2.40. The predicted molar refractivity (Wildman–Crippen MR) is 103 cm³/mol. The summed E-state index contributed by atoms with van der Waals surface area (Å²) < 4.78 is 6.92. The number of halogens is 1. The van der Waals surface area contributed by atoms with Gasteiger partial charge in [0, 0.05) is 10.9 Å². The van der Waals surface area contributed by atoms with E-state index in [9.17, 15) is 4.79 Å². The van der Waals surface area contributed by atoms with Gasteiger partial charge in [-0.15, -0.1) is 6.58 Å². The predicted octanol–water partition coefficient (Wildman–Crippen LogP) is 5.74. The third kappa shape index (κ3) is 3.49. The minimum absolute atomic E-state index is 0.0576. The highest BCUT2D eigenvalue weighted by Gasteiger charge is 2.47. The molecule has 2 atom stereocenters. The van der Waals surface area contributed by atoms with Crippen LogP contribution in [0.3, 0.4) is 0 Å². The van der Waals surface area contributed by atoms with Gasteiger partial charge in [0.2, 0.25) is 0 Å². The Morgan fingerprint density at radius 2 is 1.88 bits per heavy atom. The first-order valence-corrected chi connectivity index (χ1v) is 9.17. The van der Waals surface area contributed by atoms with Gasteiger partial charge in [-0.05, 0) is 37.1 Å². The molecule has 0 spiro atoms. The van der Waals surface area contributed by atoms with E-state index in [2.05, 4.69) is 34.6 Å². The summed E-state index contributed by atoms with van der Waals surface area (Å²) in [5.41, 5.74) is 2.60. The van der Waals surface area contributed by atoms with Crippen LogP contribution in [0.15, 0.2) is 65.7 Å². The first-order chi connectivity index (χ1) is 11.9. The van der Waals surface area contributed by atoms with Gasteiger partial charge in [-0.3, -0.25) is 4.90 Å². The number of carbonyl (C=O) groups is 1. The fourth-order valence-corrected chi connectivity index (χ4v) is 3.54. The molecule has 2 aromatic rings. The lowest BCUT2D eigenvalue weighted by Gasteiger charge is -2.28. The van der Waals surface area contributed by atoms with Gasteiger partial charge in [-0.1, -0.05) is 64.0 Å².